The van der Waals surface area contributed by atoms with Crippen LogP contribution in [-0.4, -0.2) is 59.2 Å². The molecule has 0 aromatic heterocycles. The number of nitrogens with one attached hydrogen (secondary N) is 1. The van der Waals surface area contributed by atoms with Gasteiger partial charge in [0, 0.05) is 44.1 Å². The zero-order valence-electron chi connectivity index (χ0n) is 16.2. The molecule has 3 rings (SSSR count). The van der Waals surface area contributed by atoms with Crippen molar-refractivity contribution in [1.82, 2.24) is 15.1 Å². The van der Waals surface area contributed by atoms with Crippen LogP contribution < -0.4 is 5.32 Å². The molecule has 1 atom stereocenters. The Morgan fingerprint density at radius 2 is 1.65 bits per heavy atom. The largest absolute Gasteiger partial charge is 0.353 e. The predicted octanol–water partition coefficient (Wildman–Crippen LogP) is 1.93. The Hall–Kier alpha value is -1.59. The van der Waals surface area contributed by atoms with Crippen molar-refractivity contribution < 1.29 is 14.4 Å². The first-order valence-electron chi connectivity index (χ1n) is 10.3. The van der Waals surface area contributed by atoms with Crippen molar-refractivity contribution in [2.24, 2.45) is 11.8 Å². The van der Waals surface area contributed by atoms with E-state index in [9.17, 15) is 14.4 Å². The van der Waals surface area contributed by atoms with E-state index in [2.05, 4.69) is 5.32 Å². The smallest absolute Gasteiger partial charge is 0.225 e. The summed E-state index contributed by atoms with van der Waals surface area (Å²) < 4.78 is 0. The Labute approximate surface area is 156 Å². The lowest BCUT2D eigenvalue weighted by Crippen LogP contribution is -2.49. The van der Waals surface area contributed by atoms with E-state index in [1.165, 1.54) is 19.3 Å². The fraction of sp³-hybridized carbons (Fsp3) is 0.850. The molecule has 6 nitrogen and oxygen atoms in total. The highest BCUT2D eigenvalue weighted by atomic mass is 16.2. The Morgan fingerprint density at radius 1 is 1.00 bits per heavy atom. The van der Waals surface area contributed by atoms with Gasteiger partial charge >= 0.3 is 0 Å². The monoisotopic (exact) mass is 363 g/mol. The molecule has 3 fully saturated rings. The van der Waals surface area contributed by atoms with Gasteiger partial charge in [-0.1, -0.05) is 19.3 Å². The van der Waals surface area contributed by atoms with Gasteiger partial charge in [-0.3, -0.25) is 14.4 Å². The number of nitrogens with zero attached hydrogens (tertiary/aromatic N) is 2. The molecule has 1 N–H and O–H groups in total. The van der Waals surface area contributed by atoms with Crippen LogP contribution in [0, 0.1) is 11.8 Å². The molecular weight excluding hydrogens is 330 g/mol. The summed E-state index contributed by atoms with van der Waals surface area (Å²) in [6, 6.07) is 0.274. The second-order valence-electron chi connectivity index (χ2n) is 8.48. The molecule has 146 valence electrons. The molecule has 26 heavy (non-hydrogen) atoms. The Morgan fingerprint density at radius 3 is 2.23 bits per heavy atom. The minimum Gasteiger partial charge on any atom is -0.353 e. The first-order valence-corrected chi connectivity index (χ1v) is 10.3. The minimum atomic E-state index is -0.230. The van der Waals surface area contributed by atoms with Crippen molar-refractivity contribution in [2.45, 2.75) is 77.3 Å². The number of carbonyl (C=O) groups is 3. The molecule has 1 saturated carbocycles. The number of amides is 3. The highest BCUT2D eigenvalue weighted by Crippen LogP contribution is 2.27. The average Bonchev–Trinajstić information content (AvgIpc) is 3.05. The SMILES string of the molecule is CC(C)N1CC(C(=O)NC2CCN(C(=O)C3CCCCC3)CC2)CC1=O. The zero-order valence-corrected chi connectivity index (χ0v) is 16.2. The Kier molecular flexibility index (Phi) is 6.20. The van der Waals surface area contributed by atoms with Gasteiger partial charge in [0.25, 0.3) is 0 Å². The quantitative estimate of drug-likeness (QED) is 0.830. The summed E-state index contributed by atoms with van der Waals surface area (Å²) >= 11 is 0. The number of hydrogen-bond acceptors (Lipinski definition) is 3. The van der Waals surface area contributed by atoms with Crippen molar-refractivity contribution in [1.29, 1.82) is 0 Å². The summed E-state index contributed by atoms with van der Waals surface area (Å²) in [7, 11) is 0. The molecule has 0 aromatic carbocycles. The van der Waals surface area contributed by atoms with E-state index in [0.29, 0.717) is 18.9 Å². The van der Waals surface area contributed by atoms with Crippen LogP contribution in [0.2, 0.25) is 0 Å². The van der Waals surface area contributed by atoms with Gasteiger partial charge in [-0.05, 0) is 39.5 Å². The summed E-state index contributed by atoms with van der Waals surface area (Å²) in [6.45, 7) is 5.97. The topological polar surface area (TPSA) is 69.7 Å². The molecule has 2 aliphatic heterocycles. The van der Waals surface area contributed by atoms with E-state index in [1.54, 1.807) is 4.90 Å². The molecule has 6 heteroatoms. The summed E-state index contributed by atoms with van der Waals surface area (Å²) in [5.41, 5.74) is 0. The lowest BCUT2D eigenvalue weighted by atomic mass is 9.87. The molecule has 0 bridgehead atoms. The van der Waals surface area contributed by atoms with Crippen LogP contribution in [0.5, 0.6) is 0 Å². The number of piperidine rings is 1. The molecule has 1 unspecified atom stereocenters. The van der Waals surface area contributed by atoms with Gasteiger partial charge < -0.3 is 15.1 Å². The van der Waals surface area contributed by atoms with E-state index >= 15 is 0 Å². The highest BCUT2D eigenvalue weighted by molar-refractivity contribution is 5.89. The Bertz CT molecular complexity index is 534. The van der Waals surface area contributed by atoms with E-state index in [4.69, 9.17) is 0 Å². The van der Waals surface area contributed by atoms with Crippen LogP contribution in [-0.2, 0) is 14.4 Å². The maximum Gasteiger partial charge on any atom is 0.225 e. The van der Waals surface area contributed by atoms with Gasteiger partial charge in [0.2, 0.25) is 17.7 Å². The van der Waals surface area contributed by atoms with Gasteiger partial charge in [0.05, 0.1) is 5.92 Å². The third-order valence-electron chi connectivity index (χ3n) is 6.26. The molecule has 1 aliphatic carbocycles. The van der Waals surface area contributed by atoms with Crippen molar-refractivity contribution in [3.8, 4) is 0 Å². The maximum absolute atomic E-state index is 12.6. The summed E-state index contributed by atoms with van der Waals surface area (Å²) in [5, 5.41) is 3.12. The van der Waals surface area contributed by atoms with Crippen LogP contribution in [0.3, 0.4) is 0 Å². The lowest BCUT2D eigenvalue weighted by molar-refractivity contribution is -0.138. The second-order valence-corrected chi connectivity index (χ2v) is 8.48. The average molecular weight is 364 g/mol. The van der Waals surface area contributed by atoms with E-state index in [1.807, 2.05) is 18.7 Å². The van der Waals surface area contributed by atoms with Crippen LogP contribution in [0.1, 0.15) is 65.2 Å². The molecule has 3 aliphatic rings. The van der Waals surface area contributed by atoms with Gasteiger partial charge in [0.1, 0.15) is 0 Å². The summed E-state index contributed by atoms with van der Waals surface area (Å²) in [5.74, 6) is 0.392. The Balaban J connectivity index is 1.43. The summed E-state index contributed by atoms with van der Waals surface area (Å²) in [6.07, 6.45) is 7.65. The first kappa shape index (κ1) is 19.2. The van der Waals surface area contributed by atoms with Crippen LogP contribution in [0.15, 0.2) is 0 Å². The van der Waals surface area contributed by atoms with E-state index in [0.717, 1.165) is 38.8 Å². The number of hydrogen-bond donors (Lipinski definition) is 1. The third kappa shape index (κ3) is 4.38. The van der Waals surface area contributed by atoms with Crippen molar-refractivity contribution in [2.75, 3.05) is 19.6 Å². The number of likely N-dealkylation sites (tertiary alicyclic amines) is 2. The number of rotatable bonds is 4. The molecule has 3 amide bonds. The molecule has 0 aromatic rings. The standard InChI is InChI=1S/C20H33N3O3/c1-14(2)23-13-16(12-18(23)24)19(25)21-17-8-10-22(11-9-17)20(26)15-6-4-3-5-7-15/h14-17H,3-13H2,1-2H3,(H,21,25). The number of carbonyl (C=O) groups excluding carboxylic acids is 3. The molecule has 2 heterocycles. The van der Waals surface area contributed by atoms with Gasteiger partial charge in [-0.2, -0.15) is 0 Å². The molecule has 2 saturated heterocycles. The van der Waals surface area contributed by atoms with Crippen LogP contribution >= 0.6 is 0 Å². The molecule has 0 spiro atoms. The summed E-state index contributed by atoms with van der Waals surface area (Å²) in [4.78, 5) is 40.9. The van der Waals surface area contributed by atoms with E-state index in [-0.39, 0.29) is 35.7 Å². The fourth-order valence-corrected chi connectivity index (χ4v) is 4.58. The predicted molar refractivity (Wildman–Crippen MR) is 99.3 cm³/mol. The molecule has 0 radical (unpaired) electrons. The minimum absolute atomic E-state index is 0.00134. The van der Waals surface area contributed by atoms with Crippen molar-refractivity contribution in [3.05, 3.63) is 0 Å². The van der Waals surface area contributed by atoms with E-state index < -0.39 is 0 Å². The van der Waals surface area contributed by atoms with Crippen LogP contribution in [0.25, 0.3) is 0 Å². The first-order chi connectivity index (χ1) is 12.5. The van der Waals surface area contributed by atoms with Crippen molar-refractivity contribution >= 4 is 17.7 Å². The third-order valence-corrected chi connectivity index (χ3v) is 6.26. The van der Waals surface area contributed by atoms with Crippen LogP contribution in [0.4, 0.5) is 0 Å². The zero-order chi connectivity index (χ0) is 18.7. The highest BCUT2D eigenvalue weighted by Gasteiger charge is 2.37. The molecular formula is C20H33N3O3. The normalized spacial score (nSPS) is 25.8. The lowest BCUT2D eigenvalue weighted by Gasteiger charge is -2.35. The fourth-order valence-electron chi connectivity index (χ4n) is 4.58. The second kappa shape index (κ2) is 8.40. The van der Waals surface area contributed by atoms with Gasteiger partial charge in [0.15, 0.2) is 0 Å². The van der Waals surface area contributed by atoms with Crippen molar-refractivity contribution in [3.63, 3.8) is 0 Å². The van der Waals surface area contributed by atoms with Gasteiger partial charge in [-0.25, -0.2) is 0 Å². The van der Waals surface area contributed by atoms with Gasteiger partial charge in [-0.15, -0.1) is 0 Å². The maximum atomic E-state index is 12.6.